The summed E-state index contributed by atoms with van der Waals surface area (Å²) in [6, 6.07) is 3.18. The second-order valence-corrected chi connectivity index (χ2v) is 4.88. The Hall–Kier alpha value is -1.59. The van der Waals surface area contributed by atoms with Gasteiger partial charge in [-0.25, -0.2) is 0 Å². The third kappa shape index (κ3) is 3.05. The first-order valence-corrected chi connectivity index (χ1v) is 6.33. The van der Waals surface area contributed by atoms with E-state index in [1.807, 2.05) is 6.07 Å². The Bertz CT molecular complexity index is 531. The van der Waals surface area contributed by atoms with Gasteiger partial charge in [-0.1, -0.05) is 17.7 Å². The molecule has 1 heterocycles. The molecule has 19 heavy (non-hydrogen) atoms. The number of hydrogen-bond acceptors (Lipinski definition) is 4. The van der Waals surface area contributed by atoms with Crippen molar-refractivity contribution in [2.45, 2.75) is 25.3 Å². The minimum Gasteiger partial charge on any atom is -0.469 e. The van der Waals surface area contributed by atoms with Gasteiger partial charge in [-0.3, -0.25) is 9.59 Å². The number of rotatable bonds is 4. The van der Waals surface area contributed by atoms with Gasteiger partial charge in [0.25, 0.3) is 0 Å². The number of hydrogen-bond donors (Lipinski definition) is 2. The quantitative estimate of drug-likeness (QED) is 0.825. The molecule has 0 bridgehead atoms. The fraction of sp³-hybridized carbons (Fsp3) is 0.385. The van der Waals surface area contributed by atoms with E-state index in [9.17, 15) is 9.59 Å². The summed E-state index contributed by atoms with van der Waals surface area (Å²) < 4.78 is 4.57. The number of esters is 1. The van der Waals surface area contributed by atoms with Crippen molar-refractivity contribution in [3.63, 3.8) is 0 Å². The molecule has 5 nitrogen and oxygen atoms in total. The number of amides is 1. The lowest BCUT2D eigenvalue weighted by atomic mass is 9.99. The van der Waals surface area contributed by atoms with E-state index in [1.54, 1.807) is 6.07 Å². The minimum absolute atomic E-state index is 0.0497. The summed E-state index contributed by atoms with van der Waals surface area (Å²) in [6.45, 7) is 0. The van der Waals surface area contributed by atoms with E-state index in [2.05, 4.69) is 10.1 Å². The van der Waals surface area contributed by atoms with E-state index in [-0.39, 0.29) is 24.3 Å². The predicted molar refractivity (Wildman–Crippen MR) is 72.0 cm³/mol. The van der Waals surface area contributed by atoms with Crippen molar-refractivity contribution in [2.24, 2.45) is 5.73 Å². The summed E-state index contributed by atoms with van der Waals surface area (Å²) in [5, 5.41) is 3.22. The van der Waals surface area contributed by atoms with Crippen molar-refractivity contribution >= 4 is 29.2 Å². The van der Waals surface area contributed by atoms with E-state index in [0.717, 1.165) is 16.8 Å². The van der Waals surface area contributed by atoms with Gasteiger partial charge in [0.05, 0.1) is 13.5 Å². The van der Waals surface area contributed by atoms with Crippen LogP contribution in [0.3, 0.4) is 0 Å². The second-order valence-electron chi connectivity index (χ2n) is 4.48. The number of carbonyl (C=O) groups excluding carboxylic acids is 2. The third-order valence-electron chi connectivity index (χ3n) is 3.13. The summed E-state index contributed by atoms with van der Waals surface area (Å²) in [6.07, 6.45) is 1.03. The average molecular weight is 283 g/mol. The molecule has 0 saturated carbocycles. The maximum absolute atomic E-state index is 11.3. The van der Waals surface area contributed by atoms with E-state index < -0.39 is 0 Å². The highest BCUT2D eigenvalue weighted by molar-refractivity contribution is 6.32. The molecule has 102 valence electrons. The van der Waals surface area contributed by atoms with Crippen LogP contribution in [0.5, 0.6) is 0 Å². The average Bonchev–Trinajstić information content (AvgIpc) is 2.73. The molecule has 0 saturated heterocycles. The van der Waals surface area contributed by atoms with E-state index in [4.69, 9.17) is 17.3 Å². The molecule has 1 aromatic rings. The van der Waals surface area contributed by atoms with Gasteiger partial charge in [0.2, 0.25) is 5.91 Å². The first-order valence-electron chi connectivity index (χ1n) is 5.96. The monoisotopic (exact) mass is 282 g/mol. The Morgan fingerprint density at radius 2 is 2.32 bits per heavy atom. The van der Waals surface area contributed by atoms with Crippen LogP contribution in [-0.4, -0.2) is 19.0 Å². The summed E-state index contributed by atoms with van der Waals surface area (Å²) in [7, 11) is 1.34. The van der Waals surface area contributed by atoms with Crippen LogP contribution in [-0.2, 0) is 20.7 Å². The van der Waals surface area contributed by atoms with Gasteiger partial charge in [-0.2, -0.15) is 0 Å². The Morgan fingerprint density at radius 3 is 3.00 bits per heavy atom. The molecule has 0 radical (unpaired) electrons. The molecule has 6 heteroatoms. The zero-order valence-corrected chi connectivity index (χ0v) is 11.3. The highest BCUT2D eigenvalue weighted by Gasteiger charge is 2.21. The van der Waals surface area contributed by atoms with Crippen molar-refractivity contribution < 1.29 is 14.3 Å². The Morgan fingerprint density at radius 1 is 1.58 bits per heavy atom. The summed E-state index contributed by atoms with van der Waals surface area (Å²) in [5.41, 5.74) is 8.40. The summed E-state index contributed by atoms with van der Waals surface area (Å²) >= 11 is 6.15. The standard InChI is InChI=1S/C13H15ClN2O3/c1-19-13(18)3-2-10(15)8-4-7-5-12(17)16-11(7)6-9(8)14/h4,6,10H,2-3,5,15H2,1H3,(H,16,17). The summed E-state index contributed by atoms with van der Waals surface area (Å²) in [4.78, 5) is 22.4. The number of ether oxygens (including phenoxy) is 1. The van der Waals surface area contributed by atoms with Crippen LogP contribution in [0.2, 0.25) is 5.02 Å². The summed E-state index contributed by atoms with van der Waals surface area (Å²) in [5.74, 6) is -0.351. The molecular formula is C13H15ClN2O3. The van der Waals surface area contributed by atoms with Gasteiger partial charge >= 0.3 is 5.97 Å². The van der Waals surface area contributed by atoms with Crippen LogP contribution >= 0.6 is 11.6 Å². The molecule has 1 unspecified atom stereocenters. The molecule has 1 aliphatic rings. The molecule has 3 N–H and O–H groups in total. The zero-order chi connectivity index (χ0) is 14.0. The molecule has 0 aromatic heterocycles. The van der Waals surface area contributed by atoms with Gasteiger partial charge in [0.1, 0.15) is 0 Å². The normalized spacial score (nSPS) is 14.8. The third-order valence-corrected chi connectivity index (χ3v) is 3.46. The van der Waals surface area contributed by atoms with Crippen LogP contribution in [0.4, 0.5) is 5.69 Å². The van der Waals surface area contributed by atoms with Crippen LogP contribution in [0.25, 0.3) is 0 Å². The smallest absolute Gasteiger partial charge is 0.305 e. The van der Waals surface area contributed by atoms with Gasteiger partial charge in [-0.15, -0.1) is 0 Å². The maximum Gasteiger partial charge on any atom is 0.305 e. The molecule has 0 fully saturated rings. The van der Waals surface area contributed by atoms with Crippen LogP contribution in [0.15, 0.2) is 12.1 Å². The van der Waals surface area contributed by atoms with Crippen LogP contribution < -0.4 is 11.1 Å². The Labute approximate surface area is 116 Å². The molecule has 0 spiro atoms. The maximum atomic E-state index is 11.3. The van der Waals surface area contributed by atoms with Crippen molar-refractivity contribution in [3.8, 4) is 0 Å². The van der Waals surface area contributed by atoms with E-state index in [0.29, 0.717) is 17.9 Å². The largest absolute Gasteiger partial charge is 0.469 e. The van der Waals surface area contributed by atoms with E-state index >= 15 is 0 Å². The molecule has 1 amide bonds. The molecule has 1 aliphatic heterocycles. The van der Waals surface area contributed by atoms with Crippen molar-refractivity contribution in [1.29, 1.82) is 0 Å². The fourth-order valence-electron chi connectivity index (χ4n) is 2.08. The Balaban J connectivity index is 2.14. The first kappa shape index (κ1) is 13.8. The molecule has 1 atom stereocenters. The fourth-order valence-corrected chi connectivity index (χ4v) is 2.39. The van der Waals surface area contributed by atoms with Crippen molar-refractivity contribution in [2.75, 3.05) is 12.4 Å². The lowest BCUT2D eigenvalue weighted by Gasteiger charge is -2.14. The van der Waals surface area contributed by atoms with Crippen LogP contribution in [0.1, 0.15) is 30.0 Å². The van der Waals surface area contributed by atoms with Gasteiger partial charge < -0.3 is 15.8 Å². The van der Waals surface area contributed by atoms with Crippen LogP contribution in [0, 0.1) is 0 Å². The number of anilines is 1. The minimum atomic E-state index is -0.354. The van der Waals surface area contributed by atoms with E-state index in [1.165, 1.54) is 7.11 Å². The SMILES string of the molecule is COC(=O)CCC(N)c1cc2c(cc1Cl)NC(=O)C2. The molecule has 1 aromatic carbocycles. The zero-order valence-electron chi connectivity index (χ0n) is 10.5. The van der Waals surface area contributed by atoms with Crippen molar-refractivity contribution in [3.05, 3.63) is 28.3 Å². The topological polar surface area (TPSA) is 81.4 Å². The number of nitrogens with two attached hydrogens (primary N) is 1. The van der Waals surface area contributed by atoms with Crippen molar-refractivity contribution in [1.82, 2.24) is 0 Å². The molecule has 2 rings (SSSR count). The number of fused-ring (bicyclic) bond motifs is 1. The highest BCUT2D eigenvalue weighted by atomic mass is 35.5. The number of halogens is 1. The Kier molecular flexibility index (Phi) is 4.07. The van der Waals surface area contributed by atoms with Gasteiger partial charge in [0.15, 0.2) is 0 Å². The molecule has 0 aliphatic carbocycles. The van der Waals surface area contributed by atoms with Gasteiger partial charge in [-0.05, 0) is 23.6 Å². The second kappa shape index (κ2) is 5.59. The first-order chi connectivity index (χ1) is 9.01. The lowest BCUT2D eigenvalue weighted by molar-refractivity contribution is -0.140. The highest BCUT2D eigenvalue weighted by Crippen LogP contribution is 2.33. The van der Waals surface area contributed by atoms with Gasteiger partial charge in [0, 0.05) is 23.2 Å². The number of methoxy groups -OCH3 is 1. The number of carbonyl (C=O) groups is 2. The number of benzene rings is 1. The lowest BCUT2D eigenvalue weighted by Crippen LogP contribution is -2.13. The molecular weight excluding hydrogens is 268 g/mol. The number of nitrogens with one attached hydrogen (secondary N) is 1. The predicted octanol–water partition coefficient (Wildman–Crippen LogP) is 1.79.